The van der Waals surface area contributed by atoms with Crippen LogP contribution >= 0.6 is 0 Å². The molecule has 1 N–H and O–H groups in total. The number of hydrogen-bond donors (Lipinski definition) is 1. The maximum atomic E-state index is 15.2. The third kappa shape index (κ3) is 4.63. The second-order valence-electron chi connectivity index (χ2n) is 8.11. The first kappa shape index (κ1) is 23.4. The Hall–Kier alpha value is -4.31. The summed E-state index contributed by atoms with van der Waals surface area (Å²) >= 11 is 0. The fourth-order valence-electron chi connectivity index (χ4n) is 3.91. The van der Waals surface area contributed by atoms with Gasteiger partial charge in [0, 0.05) is 24.2 Å². The van der Waals surface area contributed by atoms with Gasteiger partial charge in [-0.2, -0.15) is 0 Å². The molecule has 1 aliphatic rings. The summed E-state index contributed by atoms with van der Waals surface area (Å²) in [6.45, 7) is 2.40. The van der Waals surface area contributed by atoms with E-state index in [4.69, 9.17) is 4.74 Å². The molecule has 2 heterocycles. The predicted molar refractivity (Wildman–Crippen MR) is 127 cm³/mol. The number of hydrogen-bond acceptors (Lipinski definition) is 6. The molecular weight excluding hydrogens is 473 g/mol. The molecule has 1 aromatic heterocycles. The fraction of sp³-hybridized carbons (Fsp3) is 0.154. The van der Waals surface area contributed by atoms with Crippen LogP contribution in [0.25, 0.3) is 11.0 Å². The van der Waals surface area contributed by atoms with Gasteiger partial charge in [0.05, 0.1) is 41.7 Å². The van der Waals surface area contributed by atoms with Crippen LogP contribution in [0.3, 0.4) is 0 Å². The Morgan fingerprint density at radius 1 is 0.917 bits per heavy atom. The van der Waals surface area contributed by atoms with Gasteiger partial charge in [0.15, 0.2) is 11.6 Å². The Kier molecular flexibility index (Phi) is 6.34. The molecule has 1 saturated heterocycles. The van der Waals surface area contributed by atoms with E-state index in [-0.39, 0.29) is 11.1 Å². The third-order valence-corrected chi connectivity index (χ3v) is 5.78. The van der Waals surface area contributed by atoms with Crippen LogP contribution in [0, 0.1) is 17.5 Å². The molecule has 0 saturated carbocycles. The van der Waals surface area contributed by atoms with Gasteiger partial charge in [-0.05, 0) is 48.5 Å². The highest BCUT2D eigenvalue weighted by atomic mass is 19.1. The summed E-state index contributed by atoms with van der Waals surface area (Å²) in [5, 5.41) is 2.26. The van der Waals surface area contributed by atoms with E-state index in [1.807, 2.05) is 4.90 Å². The van der Waals surface area contributed by atoms with Crippen molar-refractivity contribution in [1.82, 2.24) is 9.97 Å². The van der Waals surface area contributed by atoms with Gasteiger partial charge in [-0.15, -0.1) is 0 Å². The van der Waals surface area contributed by atoms with E-state index in [1.54, 1.807) is 12.3 Å². The minimum absolute atomic E-state index is 0.00216. The number of rotatable bonds is 5. The monoisotopic (exact) mass is 492 g/mol. The van der Waals surface area contributed by atoms with Crippen LogP contribution in [0.1, 0.15) is 26.3 Å². The van der Waals surface area contributed by atoms with Gasteiger partial charge in [-0.3, -0.25) is 14.6 Å². The smallest absolute Gasteiger partial charge is 0.255 e. The summed E-state index contributed by atoms with van der Waals surface area (Å²) in [6.07, 6.45) is 1.62. The molecule has 10 heteroatoms. The standard InChI is InChI=1S/C26H19F3N4O3/c27-17-3-1-2-16(12-17)26(35)32-20-7-5-18(28)23(24(20)29)25(34)15-4-6-19-21(13-15)31-22(14-30-19)33-8-10-36-11-9-33/h1-7,12-14H,8-11H2,(H,32,35). The molecule has 7 nitrogen and oxygen atoms in total. The molecule has 4 aromatic rings. The van der Waals surface area contributed by atoms with Crippen molar-refractivity contribution >= 4 is 34.2 Å². The van der Waals surface area contributed by atoms with Crippen LogP contribution < -0.4 is 10.2 Å². The molecule has 0 spiro atoms. The van der Waals surface area contributed by atoms with E-state index in [1.165, 1.54) is 24.3 Å². The summed E-state index contributed by atoms with van der Waals surface area (Å²) in [4.78, 5) is 36.5. The quantitative estimate of drug-likeness (QED) is 0.417. The number of carbonyl (C=O) groups excluding carboxylic acids is 2. The molecule has 0 bridgehead atoms. The van der Waals surface area contributed by atoms with Crippen LogP contribution in [0.15, 0.2) is 60.8 Å². The lowest BCUT2D eigenvalue weighted by Gasteiger charge is -2.27. The Morgan fingerprint density at radius 2 is 1.72 bits per heavy atom. The van der Waals surface area contributed by atoms with Crippen molar-refractivity contribution in [1.29, 1.82) is 0 Å². The highest BCUT2D eigenvalue weighted by molar-refractivity contribution is 6.12. The number of morpholine rings is 1. The SMILES string of the molecule is O=C(Nc1ccc(F)c(C(=O)c2ccc3ncc(N4CCOCC4)nc3c2)c1F)c1cccc(F)c1. The molecule has 1 aliphatic heterocycles. The van der Waals surface area contributed by atoms with E-state index in [0.717, 1.165) is 24.3 Å². The number of amides is 1. The molecule has 1 amide bonds. The second-order valence-corrected chi connectivity index (χ2v) is 8.11. The van der Waals surface area contributed by atoms with Gasteiger partial charge < -0.3 is 15.0 Å². The highest BCUT2D eigenvalue weighted by Crippen LogP contribution is 2.26. The van der Waals surface area contributed by atoms with E-state index in [2.05, 4.69) is 15.3 Å². The minimum Gasteiger partial charge on any atom is -0.378 e. The molecule has 3 aromatic carbocycles. The Balaban J connectivity index is 1.46. The Labute approximate surface area is 203 Å². The lowest BCUT2D eigenvalue weighted by molar-refractivity contribution is 0.101. The van der Waals surface area contributed by atoms with E-state index in [0.29, 0.717) is 43.2 Å². The first-order valence-corrected chi connectivity index (χ1v) is 11.1. The number of halogens is 3. The lowest BCUT2D eigenvalue weighted by atomic mass is 10.0. The molecule has 182 valence electrons. The number of nitrogens with zero attached hydrogens (tertiary/aromatic N) is 3. The van der Waals surface area contributed by atoms with Crippen molar-refractivity contribution in [3.8, 4) is 0 Å². The van der Waals surface area contributed by atoms with Gasteiger partial charge in [0.1, 0.15) is 17.5 Å². The molecule has 5 rings (SSSR count). The van der Waals surface area contributed by atoms with Gasteiger partial charge >= 0.3 is 0 Å². The summed E-state index contributed by atoms with van der Waals surface area (Å²) < 4.78 is 48.7. The molecular formula is C26H19F3N4O3. The number of ether oxygens (including phenoxy) is 1. The summed E-state index contributed by atoms with van der Waals surface area (Å²) in [5.41, 5.74) is -0.396. The molecule has 0 unspecified atom stereocenters. The summed E-state index contributed by atoms with van der Waals surface area (Å²) in [7, 11) is 0. The van der Waals surface area contributed by atoms with Crippen LogP contribution in [0.2, 0.25) is 0 Å². The number of aromatic nitrogens is 2. The maximum Gasteiger partial charge on any atom is 0.255 e. The number of carbonyl (C=O) groups is 2. The second kappa shape index (κ2) is 9.74. The van der Waals surface area contributed by atoms with E-state index < -0.39 is 40.4 Å². The van der Waals surface area contributed by atoms with Gasteiger partial charge in [-0.1, -0.05) is 6.07 Å². The Bertz CT molecular complexity index is 1490. The zero-order valence-corrected chi connectivity index (χ0v) is 18.8. The average Bonchev–Trinajstić information content (AvgIpc) is 2.90. The average molecular weight is 492 g/mol. The minimum atomic E-state index is -1.24. The molecule has 36 heavy (non-hydrogen) atoms. The number of ketones is 1. The van der Waals surface area contributed by atoms with Crippen LogP contribution in [-0.2, 0) is 4.74 Å². The van der Waals surface area contributed by atoms with Gasteiger partial charge in [-0.25, -0.2) is 18.2 Å². The van der Waals surface area contributed by atoms with Crippen molar-refractivity contribution in [3.63, 3.8) is 0 Å². The first-order valence-electron chi connectivity index (χ1n) is 11.1. The van der Waals surface area contributed by atoms with Crippen molar-refractivity contribution in [2.45, 2.75) is 0 Å². The zero-order chi connectivity index (χ0) is 25.2. The fourth-order valence-corrected chi connectivity index (χ4v) is 3.91. The van der Waals surface area contributed by atoms with E-state index in [9.17, 15) is 18.4 Å². The lowest BCUT2D eigenvalue weighted by Crippen LogP contribution is -2.36. The summed E-state index contributed by atoms with van der Waals surface area (Å²) in [5.74, 6) is -4.10. The van der Waals surface area contributed by atoms with Crippen LogP contribution in [0.4, 0.5) is 24.7 Å². The third-order valence-electron chi connectivity index (χ3n) is 5.78. The van der Waals surface area contributed by atoms with Gasteiger partial charge in [0.2, 0.25) is 0 Å². The van der Waals surface area contributed by atoms with Crippen molar-refractivity contribution in [2.75, 3.05) is 36.5 Å². The zero-order valence-electron chi connectivity index (χ0n) is 18.8. The van der Waals surface area contributed by atoms with E-state index >= 15 is 4.39 Å². The number of anilines is 2. The van der Waals surface area contributed by atoms with Crippen molar-refractivity contribution in [3.05, 3.63) is 94.9 Å². The molecule has 0 atom stereocenters. The largest absolute Gasteiger partial charge is 0.378 e. The van der Waals surface area contributed by atoms with Crippen molar-refractivity contribution in [2.24, 2.45) is 0 Å². The number of fused-ring (bicyclic) bond motifs is 1. The normalized spacial score (nSPS) is 13.6. The maximum absolute atomic E-state index is 15.2. The highest BCUT2D eigenvalue weighted by Gasteiger charge is 2.24. The van der Waals surface area contributed by atoms with Crippen LogP contribution in [0.5, 0.6) is 0 Å². The Morgan fingerprint density at radius 3 is 2.50 bits per heavy atom. The number of nitrogens with one attached hydrogen (secondary N) is 1. The molecule has 0 radical (unpaired) electrons. The number of benzene rings is 3. The predicted octanol–water partition coefficient (Wildman–Crippen LogP) is 4.37. The van der Waals surface area contributed by atoms with Crippen LogP contribution in [-0.4, -0.2) is 48.0 Å². The van der Waals surface area contributed by atoms with Crippen molar-refractivity contribution < 1.29 is 27.5 Å². The molecule has 0 aliphatic carbocycles. The molecule has 1 fully saturated rings. The first-order chi connectivity index (χ1) is 17.4. The van der Waals surface area contributed by atoms with Gasteiger partial charge in [0.25, 0.3) is 5.91 Å². The topological polar surface area (TPSA) is 84.4 Å². The summed E-state index contributed by atoms with van der Waals surface area (Å²) in [6, 6.07) is 11.1.